The van der Waals surface area contributed by atoms with Crippen molar-refractivity contribution < 1.29 is 14.3 Å². The molecule has 1 amide bonds. The van der Waals surface area contributed by atoms with Gasteiger partial charge in [-0.2, -0.15) is 0 Å². The molecule has 1 atom stereocenters. The van der Waals surface area contributed by atoms with E-state index in [4.69, 9.17) is 0 Å². The van der Waals surface area contributed by atoms with Crippen LogP contribution in [-0.4, -0.2) is 49.6 Å². The molecule has 0 radical (unpaired) electrons. The molecule has 1 aliphatic heterocycles. The number of nitrogens with zero attached hydrogens (tertiary/aromatic N) is 1. The Hall–Kier alpha value is -1.10. The van der Waals surface area contributed by atoms with E-state index < -0.39 is 0 Å². The van der Waals surface area contributed by atoms with Crippen LogP contribution in [0.3, 0.4) is 0 Å². The second kappa shape index (κ2) is 8.08. The van der Waals surface area contributed by atoms with Gasteiger partial charge in [-0.25, -0.2) is 0 Å². The quantitative estimate of drug-likeness (QED) is 0.688. The van der Waals surface area contributed by atoms with Gasteiger partial charge in [-0.05, 0) is 32.4 Å². The molecule has 0 bridgehead atoms. The number of hydrogen-bond acceptors (Lipinski definition) is 4. The van der Waals surface area contributed by atoms with Crippen LogP contribution in [0.2, 0.25) is 0 Å². The van der Waals surface area contributed by atoms with Crippen molar-refractivity contribution >= 4 is 11.9 Å². The Morgan fingerprint density at radius 3 is 2.56 bits per heavy atom. The van der Waals surface area contributed by atoms with Crippen LogP contribution < -0.4 is 5.32 Å². The number of ether oxygens (including phenoxy) is 1. The van der Waals surface area contributed by atoms with Crippen molar-refractivity contribution in [1.82, 2.24) is 10.2 Å². The van der Waals surface area contributed by atoms with E-state index in [9.17, 15) is 9.59 Å². The molecule has 1 unspecified atom stereocenters. The molecular formula is C13H24N2O3. The standard InChI is InChI=1S/C13H24N2O3/c1-3-11(10-13(17)18-2)14-12(16)6-9-15-7-4-5-8-15/h11H,3-10H2,1-2H3,(H,14,16). The Bertz CT molecular complexity index is 275. The van der Waals surface area contributed by atoms with Crippen molar-refractivity contribution in [3.05, 3.63) is 0 Å². The van der Waals surface area contributed by atoms with Crippen LogP contribution >= 0.6 is 0 Å². The van der Waals surface area contributed by atoms with E-state index in [1.54, 1.807) is 0 Å². The molecule has 1 heterocycles. The average Bonchev–Trinajstić information content (AvgIpc) is 2.88. The minimum atomic E-state index is -0.276. The van der Waals surface area contributed by atoms with Gasteiger partial charge in [0.05, 0.1) is 13.5 Å². The van der Waals surface area contributed by atoms with Crippen LogP contribution in [0.15, 0.2) is 0 Å². The molecule has 0 aromatic rings. The van der Waals surface area contributed by atoms with Gasteiger partial charge in [-0.15, -0.1) is 0 Å². The number of rotatable bonds is 7. The molecule has 0 aromatic heterocycles. The largest absolute Gasteiger partial charge is 0.469 e. The fourth-order valence-corrected chi connectivity index (χ4v) is 2.15. The van der Waals surface area contributed by atoms with Crippen molar-refractivity contribution in [2.75, 3.05) is 26.7 Å². The second-order valence-electron chi connectivity index (χ2n) is 4.75. The molecule has 0 saturated carbocycles. The van der Waals surface area contributed by atoms with Gasteiger partial charge in [0.25, 0.3) is 0 Å². The van der Waals surface area contributed by atoms with Crippen molar-refractivity contribution in [1.29, 1.82) is 0 Å². The summed E-state index contributed by atoms with van der Waals surface area (Å²) < 4.78 is 4.61. The molecule has 1 saturated heterocycles. The number of esters is 1. The Balaban J connectivity index is 2.21. The highest BCUT2D eigenvalue weighted by atomic mass is 16.5. The average molecular weight is 256 g/mol. The molecular weight excluding hydrogens is 232 g/mol. The van der Waals surface area contributed by atoms with Gasteiger partial charge in [0.15, 0.2) is 0 Å². The van der Waals surface area contributed by atoms with Crippen molar-refractivity contribution in [3.63, 3.8) is 0 Å². The van der Waals surface area contributed by atoms with Crippen LogP contribution in [0, 0.1) is 0 Å². The van der Waals surface area contributed by atoms with E-state index >= 15 is 0 Å². The van der Waals surface area contributed by atoms with Gasteiger partial charge in [0, 0.05) is 19.0 Å². The smallest absolute Gasteiger partial charge is 0.307 e. The summed E-state index contributed by atoms with van der Waals surface area (Å²) in [5.41, 5.74) is 0. The summed E-state index contributed by atoms with van der Waals surface area (Å²) in [5, 5.41) is 2.89. The Kier molecular flexibility index (Phi) is 6.72. The van der Waals surface area contributed by atoms with E-state index in [1.165, 1.54) is 20.0 Å². The fraction of sp³-hybridized carbons (Fsp3) is 0.846. The molecule has 0 spiro atoms. The minimum Gasteiger partial charge on any atom is -0.469 e. The number of likely N-dealkylation sites (tertiary alicyclic amines) is 1. The summed E-state index contributed by atoms with van der Waals surface area (Å²) in [4.78, 5) is 25.2. The summed E-state index contributed by atoms with van der Waals surface area (Å²) >= 11 is 0. The maximum atomic E-state index is 11.7. The molecule has 18 heavy (non-hydrogen) atoms. The number of methoxy groups -OCH3 is 1. The van der Waals surface area contributed by atoms with Crippen molar-refractivity contribution in [2.24, 2.45) is 0 Å². The van der Waals surface area contributed by atoms with E-state index in [0.29, 0.717) is 6.42 Å². The second-order valence-corrected chi connectivity index (χ2v) is 4.75. The Morgan fingerprint density at radius 2 is 2.00 bits per heavy atom. The molecule has 1 fully saturated rings. The third-order valence-electron chi connectivity index (χ3n) is 3.35. The molecule has 0 aromatic carbocycles. The number of hydrogen-bond donors (Lipinski definition) is 1. The summed E-state index contributed by atoms with van der Waals surface area (Å²) in [6.07, 6.45) is 3.98. The fourth-order valence-electron chi connectivity index (χ4n) is 2.15. The zero-order valence-electron chi connectivity index (χ0n) is 11.4. The lowest BCUT2D eigenvalue weighted by atomic mass is 10.1. The molecule has 5 heteroatoms. The molecule has 0 aliphatic carbocycles. The van der Waals surface area contributed by atoms with E-state index in [2.05, 4.69) is 15.0 Å². The van der Waals surface area contributed by atoms with Gasteiger partial charge in [-0.3, -0.25) is 9.59 Å². The zero-order valence-corrected chi connectivity index (χ0v) is 11.4. The van der Waals surface area contributed by atoms with Gasteiger partial charge in [0.2, 0.25) is 5.91 Å². The van der Waals surface area contributed by atoms with Crippen LogP contribution in [0.4, 0.5) is 0 Å². The Morgan fingerprint density at radius 1 is 1.33 bits per heavy atom. The highest BCUT2D eigenvalue weighted by molar-refractivity contribution is 5.77. The highest BCUT2D eigenvalue weighted by Gasteiger charge is 2.17. The first-order chi connectivity index (χ1) is 8.65. The topological polar surface area (TPSA) is 58.6 Å². The number of nitrogens with one attached hydrogen (secondary N) is 1. The van der Waals surface area contributed by atoms with Crippen molar-refractivity contribution in [3.8, 4) is 0 Å². The molecule has 1 aliphatic rings. The lowest BCUT2D eigenvalue weighted by Crippen LogP contribution is -2.38. The SMILES string of the molecule is CCC(CC(=O)OC)NC(=O)CCN1CCCC1. The van der Waals surface area contributed by atoms with Crippen LogP contribution in [0.5, 0.6) is 0 Å². The third-order valence-corrected chi connectivity index (χ3v) is 3.35. The highest BCUT2D eigenvalue weighted by Crippen LogP contribution is 2.07. The summed E-state index contributed by atoms with van der Waals surface area (Å²) in [6, 6.07) is -0.108. The first-order valence-electron chi connectivity index (χ1n) is 6.74. The molecule has 1 rings (SSSR count). The van der Waals surface area contributed by atoms with Crippen LogP contribution in [-0.2, 0) is 14.3 Å². The summed E-state index contributed by atoms with van der Waals surface area (Å²) in [6.45, 7) is 4.98. The van der Waals surface area contributed by atoms with Gasteiger partial charge < -0.3 is 15.0 Å². The Labute approximate surface area is 109 Å². The van der Waals surface area contributed by atoms with Crippen LogP contribution in [0.25, 0.3) is 0 Å². The summed E-state index contributed by atoms with van der Waals surface area (Å²) in [5.74, 6) is -0.251. The number of carbonyl (C=O) groups is 2. The third kappa shape index (κ3) is 5.49. The number of amides is 1. The van der Waals surface area contributed by atoms with Crippen molar-refractivity contribution in [2.45, 2.75) is 45.1 Å². The normalized spacial score (nSPS) is 17.4. The minimum absolute atomic E-state index is 0.0256. The van der Waals surface area contributed by atoms with Crippen LogP contribution in [0.1, 0.15) is 39.0 Å². The molecule has 104 valence electrons. The molecule has 5 nitrogen and oxygen atoms in total. The predicted octanol–water partition coefficient (Wildman–Crippen LogP) is 0.930. The lowest BCUT2D eigenvalue weighted by molar-refractivity contribution is -0.141. The first-order valence-corrected chi connectivity index (χ1v) is 6.74. The lowest BCUT2D eigenvalue weighted by Gasteiger charge is -2.18. The maximum absolute atomic E-state index is 11.7. The monoisotopic (exact) mass is 256 g/mol. The molecule has 1 N–H and O–H groups in total. The van der Waals surface area contributed by atoms with E-state index in [0.717, 1.165) is 26.1 Å². The van der Waals surface area contributed by atoms with Gasteiger partial charge in [0.1, 0.15) is 0 Å². The van der Waals surface area contributed by atoms with Gasteiger partial charge in [-0.1, -0.05) is 6.92 Å². The number of carbonyl (C=O) groups excluding carboxylic acids is 2. The van der Waals surface area contributed by atoms with E-state index in [-0.39, 0.29) is 24.3 Å². The summed E-state index contributed by atoms with van der Waals surface area (Å²) in [7, 11) is 1.37. The first kappa shape index (κ1) is 15.0. The van der Waals surface area contributed by atoms with E-state index in [1.807, 2.05) is 6.92 Å². The zero-order chi connectivity index (χ0) is 13.4. The predicted molar refractivity (Wildman–Crippen MR) is 69.1 cm³/mol. The van der Waals surface area contributed by atoms with Gasteiger partial charge >= 0.3 is 5.97 Å². The maximum Gasteiger partial charge on any atom is 0.307 e.